The fraction of sp³-hybridized carbons (Fsp3) is 0.286. The van der Waals surface area contributed by atoms with Gasteiger partial charge >= 0.3 is 6.18 Å². The zero-order valence-corrected chi connectivity index (χ0v) is 18.2. The summed E-state index contributed by atoms with van der Waals surface area (Å²) in [5, 5.41) is 6.04. The summed E-state index contributed by atoms with van der Waals surface area (Å²) < 4.78 is 42.8. The lowest BCUT2D eigenvalue weighted by Gasteiger charge is -2.14. The zero-order chi connectivity index (χ0) is 22.6. The average Bonchev–Trinajstić information content (AvgIpc) is 3.20. The van der Waals surface area contributed by atoms with Crippen molar-refractivity contribution in [2.75, 3.05) is 6.61 Å². The zero-order valence-electron chi connectivity index (χ0n) is 16.7. The fourth-order valence-corrected chi connectivity index (χ4v) is 3.59. The van der Waals surface area contributed by atoms with Crippen molar-refractivity contribution in [3.63, 3.8) is 0 Å². The summed E-state index contributed by atoms with van der Waals surface area (Å²) in [7, 11) is 0. The number of pyridine rings is 1. The molecule has 3 rings (SSSR count). The van der Waals surface area contributed by atoms with Gasteiger partial charge < -0.3 is 10.1 Å². The van der Waals surface area contributed by atoms with E-state index < -0.39 is 18.7 Å². The van der Waals surface area contributed by atoms with Crippen LogP contribution in [-0.4, -0.2) is 28.7 Å². The Kier molecular flexibility index (Phi) is 7.17. The Morgan fingerprint density at radius 3 is 2.58 bits per heavy atom. The van der Waals surface area contributed by atoms with E-state index in [1.54, 1.807) is 24.3 Å². The number of rotatable bonds is 7. The molecule has 1 N–H and O–H groups in total. The Balaban J connectivity index is 1.81. The molecule has 0 aliphatic carbocycles. The average molecular weight is 470 g/mol. The second-order valence-corrected chi connectivity index (χ2v) is 8.32. The van der Waals surface area contributed by atoms with E-state index in [2.05, 4.69) is 15.3 Å². The maximum absolute atomic E-state index is 12.6. The van der Waals surface area contributed by atoms with E-state index in [1.807, 2.05) is 19.2 Å². The van der Waals surface area contributed by atoms with Crippen LogP contribution in [0.25, 0.3) is 11.1 Å². The Hall–Kier alpha value is -2.65. The van der Waals surface area contributed by atoms with Crippen LogP contribution in [0.2, 0.25) is 5.02 Å². The molecule has 0 spiro atoms. The third-order valence-corrected chi connectivity index (χ3v) is 5.59. The molecule has 5 nitrogen and oxygen atoms in total. The lowest BCUT2D eigenvalue weighted by molar-refractivity contribution is -0.153. The minimum atomic E-state index is -4.50. The number of ether oxygens (including phenoxy) is 1. The molecule has 2 heterocycles. The molecule has 164 valence electrons. The summed E-state index contributed by atoms with van der Waals surface area (Å²) >= 11 is 7.42. The van der Waals surface area contributed by atoms with Crippen molar-refractivity contribution in [2.24, 2.45) is 0 Å². The SMILES string of the molecule is CC(C)c1nc(CNC(=O)c2cc(-c3ccc(Cl)cc3)c(OCC(F)(F)F)cn2)cs1. The summed E-state index contributed by atoms with van der Waals surface area (Å²) in [6.07, 6.45) is -3.39. The van der Waals surface area contributed by atoms with Gasteiger partial charge in [0.25, 0.3) is 5.91 Å². The summed E-state index contributed by atoms with van der Waals surface area (Å²) in [6.45, 7) is 2.81. The highest BCUT2D eigenvalue weighted by Crippen LogP contribution is 2.32. The summed E-state index contributed by atoms with van der Waals surface area (Å²) in [5.74, 6) is -0.267. The van der Waals surface area contributed by atoms with E-state index >= 15 is 0 Å². The van der Waals surface area contributed by atoms with Crippen LogP contribution in [0.1, 0.15) is 41.0 Å². The van der Waals surface area contributed by atoms with Crippen LogP contribution in [-0.2, 0) is 6.54 Å². The molecule has 10 heteroatoms. The second-order valence-electron chi connectivity index (χ2n) is 6.99. The molecule has 1 amide bonds. The molecule has 0 aliphatic rings. The van der Waals surface area contributed by atoms with Crippen LogP contribution in [0.3, 0.4) is 0 Å². The summed E-state index contributed by atoms with van der Waals surface area (Å²) in [5.41, 5.74) is 1.62. The van der Waals surface area contributed by atoms with Crippen LogP contribution < -0.4 is 10.1 Å². The van der Waals surface area contributed by atoms with E-state index in [4.69, 9.17) is 16.3 Å². The first-order chi connectivity index (χ1) is 14.6. The van der Waals surface area contributed by atoms with E-state index in [0.717, 1.165) is 16.9 Å². The van der Waals surface area contributed by atoms with E-state index in [0.29, 0.717) is 22.1 Å². The van der Waals surface area contributed by atoms with Gasteiger partial charge in [-0.15, -0.1) is 11.3 Å². The number of hydrogen-bond donors (Lipinski definition) is 1. The number of carbonyl (C=O) groups is 1. The Labute approximate surface area is 186 Å². The molecule has 0 fully saturated rings. The molecule has 0 unspecified atom stereocenters. The van der Waals surface area contributed by atoms with Crippen molar-refractivity contribution in [3.05, 3.63) is 63.3 Å². The van der Waals surface area contributed by atoms with Crippen molar-refractivity contribution >= 4 is 28.8 Å². The normalized spacial score (nSPS) is 11.6. The predicted octanol–water partition coefficient (Wildman–Crippen LogP) is 5.85. The molecule has 3 aromatic rings. The molecule has 31 heavy (non-hydrogen) atoms. The third kappa shape index (κ3) is 6.41. The van der Waals surface area contributed by atoms with Crippen LogP contribution in [0, 0.1) is 0 Å². The first kappa shape index (κ1) is 23.0. The Morgan fingerprint density at radius 1 is 1.26 bits per heavy atom. The van der Waals surface area contributed by atoms with Gasteiger partial charge in [0.05, 0.1) is 23.4 Å². The van der Waals surface area contributed by atoms with Crippen LogP contribution in [0.4, 0.5) is 13.2 Å². The van der Waals surface area contributed by atoms with Gasteiger partial charge in [-0.3, -0.25) is 4.79 Å². The molecule has 0 saturated carbocycles. The van der Waals surface area contributed by atoms with Gasteiger partial charge in [0.1, 0.15) is 11.4 Å². The van der Waals surface area contributed by atoms with Crippen molar-refractivity contribution < 1.29 is 22.7 Å². The number of halogens is 4. The standard InChI is InChI=1S/C21H19ClF3N3O2S/c1-12(2)20-28-15(10-31-20)8-27-19(29)17-7-16(13-3-5-14(22)6-4-13)18(9-26-17)30-11-21(23,24)25/h3-7,9-10,12H,8,11H2,1-2H3,(H,27,29). The van der Waals surface area contributed by atoms with Gasteiger partial charge in [0.15, 0.2) is 6.61 Å². The largest absolute Gasteiger partial charge is 0.482 e. The number of benzene rings is 1. The van der Waals surface area contributed by atoms with Gasteiger partial charge in [-0.2, -0.15) is 13.2 Å². The minimum absolute atomic E-state index is 0.0450. The van der Waals surface area contributed by atoms with E-state index in [9.17, 15) is 18.0 Å². The molecular weight excluding hydrogens is 451 g/mol. The van der Waals surface area contributed by atoms with Gasteiger partial charge in [-0.25, -0.2) is 9.97 Å². The number of alkyl halides is 3. The first-order valence-electron chi connectivity index (χ1n) is 9.30. The monoisotopic (exact) mass is 469 g/mol. The van der Waals surface area contributed by atoms with E-state index in [-0.39, 0.29) is 18.0 Å². The molecule has 0 bridgehead atoms. The van der Waals surface area contributed by atoms with E-state index in [1.165, 1.54) is 17.4 Å². The molecule has 0 saturated heterocycles. The predicted molar refractivity (Wildman–Crippen MR) is 114 cm³/mol. The van der Waals surface area contributed by atoms with Crippen molar-refractivity contribution in [3.8, 4) is 16.9 Å². The van der Waals surface area contributed by atoms with Crippen LogP contribution >= 0.6 is 22.9 Å². The molecule has 2 aromatic heterocycles. The topological polar surface area (TPSA) is 64.1 Å². The van der Waals surface area contributed by atoms with Gasteiger partial charge in [0.2, 0.25) is 0 Å². The quantitative estimate of drug-likeness (QED) is 0.471. The lowest BCUT2D eigenvalue weighted by atomic mass is 10.0. The number of amides is 1. The Bertz CT molecular complexity index is 1050. The molecule has 0 atom stereocenters. The lowest BCUT2D eigenvalue weighted by Crippen LogP contribution is -2.24. The number of hydrogen-bond acceptors (Lipinski definition) is 5. The van der Waals surface area contributed by atoms with Crippen LogP contribution in [0.5, 0.6) is 5.75 Å². The van der Waals surface area contributed by atoms with Gasteiger partial charge in [-0.05, 0) is 23.8 Å². The number of aromatic nitrogens is 2. The van der Waals surface area contributed by atoms with Crippen molar-refractivity contribution in [2.45, 2.75) is 32.5 Å². The molecule has 0 aliphatic heterocycles. The van der Waals surface area contributed by atoms with Gasteiger partial charge in [-0.1, -0.05) is 37.6 Å². The highest BCUT2D eigenvalue weighted by atomic mass is 35.5. The van der Waals surface area contributed by atoms with Crippen molar-refractivity contribution in [1.82, 2.24) is 15.3 Å². The second kappa shape index (κ2) is 9.65. The smallest absolute Gasteiger partial charge is 0.422 e. The minimum Gasteiger partial charge on any atom is -0.482 e. The van der Waals surface area contributed by atoms with Gasteiger partial charge in [0, 0.05) is 21.9 Å². The number of nitrogens with one attached hydrogen (secondary N) is 1. The molecule has 1 aromatic carbocycles. The maximum atomic E-state index is 12.6. The number of carbonyl (C=O) groups excluding carboxylic acids is 1. The van der Waals surface area contributed by atoms with Crippen LogP contribution in [0.15, 0.2) is 41.9 Å². The summed E-state index contributed by atoms with van der Waals surface area (Å²) in [6, 6.07) is 7.84. The molecular formula is C21H19ClF3N3O2S. The fourth-order valence-electron chi connectivity index (χ4n) is 2.63. The first-order valence-corrected chi connectivity index (χ1v) is 10.6. The summed E-state index contributed by atoms with van der Waals surface area (Å²) in [4.78, 5) is 21.0. The third-order valence-electron chi connectivity index (χ3n) is 4.14. The highest BCUT2D eigenvalue weighted by Gasteiger charge is 2.29. The number of thiazole rings is 1. The van der Waals surface area contributed by atoms with Crippen molar-refractivity contribution in [1.29, 1.82) is 0 Å². The Morgan fingerprint density at radius 2 is 1.97 bits per heavy atom. The molecule has 0 radical (unpaired) electrons. The number of nitrogens with zero attached hydrogens (tertiary/aromatic N) is 2. The maximum Gasteiger partial charge on any atom is 0.422 e. The highest BCUT2D eigenvalue weighted by molar-refractivity contribution is 7.09.